The van der Waals surface area contributed by atoms with E-state index in [0.717, 1.165) is 20.8 Å². The van der Waals surface area contributed by atoms with Crippen LogP contribution in [0.2, 0.25) is 0 Å². The largest absolute Gasteiger partial charge is 0.424 e. The number of rotatable bonds is 4. The van der Waals surface area contributed by atoms with Gasteiger partial charge in [0.2, 0.25) is 0 Å². The van der Waals surface area contributed by atoms with Crippen molar-refractivity contribution < 1.29 is 53.1 Å². The van der Waals surface area contributed by atoms with Crippen LogP contribution in [-0.4, -0.2) is 35.9 Å². The number of hydrogen-bond acceptors (Lipinski definition) is 3. The van der Waals surface area contributed by atoms with Gasteiger partial charge in [-0.1, -0.05) is 0 Å². The Morgan fingerprint density at radius 1 is 0.739 bits per heavy atom. The van der Waals surface area contributed by atoms with E-state index < -0.39 is 43.5 Å². The van der Waals surface area contributed by atoms with E-state index in [1.807, 2.05) is 0 Å². The summed E-state index contributed by atoms with van der Waals surface area (Å²) >= 11 is 0. The van der Waals surface area contributed by atoms with E-state index in [-0.39, 0.29) is 6.92 Å². The van der Waals surface area contributed by atoms with Crippen LogP contribution in [0.1, 0.15) is 27.7 Å². The van der Waals surface area contributed by atoms with Crippen LogP contribution >= 0.6 is 7.60 Å². The Labute approximate surface area is 125 Å². The SMILES string of the molecule is CC(OP(=O)(OC(C(F)(F)F)C(F)(F)F)C(C)(C)C)C(F)(F)F. The predicted molar refractivity (Wildman–Crippen MR) is 60.9 cm³/mol. The molecule has 0 aromatic heterocycles. The van der Waals surface area contributed by atoms with Gasteiger partial charge in [-0.2, -0.15) is 39.5 Å². The molecule has 0 aliphatic rings. The molecule has 0 aliphatic heterocycles. The molecule has 3 nitrogen and oxygen atoms in total. The molecule has 0 aromatic carbocycles. The molecular weight excluding hydrogens is 370 g/mol. The van der Waals surface area contributed by atoms with Gasteiger partial charge in [-0.3, -0.25) is 13.6 Å². The molecule has 140 valence electrons. The topological polar surface area (TPSA) is 35.5 Å². The van der Waals surface area contributed by atoms with Gasteiger partial charge in [0, 0.05) is 0 Å². The molecule has 0 saturated heterocycles. The zero-order valence-electron chi connectivity index (χ0n) is 12.2. The minimum atomic E-state index is -6.04. The second-order valence-electron chi connectivity index (χ2n) is 5.53. The summed E-state index contributed by atoms with van der Waals surface area (Å²) in [5.74, 6) is 0. The fraction of sp³-hybridized carbons (Fsp3) is 1.00. The van der Waals surface area contributed by atoms with Crippen molar-refractivity contribution in [2.75, 3.05) is 0 Å². The van der Waals surface area contributed by atoms with Crippen LogP contribution in [0.15, 0.2) is 0 Å². The summed E-state index contributed by atoms with van der Waals surface area (Å²) in [7, 11) is -5.46. The lowest BCUT2D eigenvalue weighted by molar-refractivity contribution is -0.303. The maximum Gasteiger partial charge on any atom is 0.424 e. The first-order chi connectivity index (χ1) is 9.72. The molecule has 0 spiro atoms. The number of alkyl halides is 9. The molecule has 23 heavy (non-hydrogen) atoms. The molecular formula is C10H14F9O3P. The van der Waals surface area contributed by atoms with Gasteiger partial charge < -0.3 is 0 Å². The van der Waals surface area contributed by atoms with Crippen LogP contribution in [0.4, 0.5) is 39.5 Å². The third-order valence-corrected chi connectivity index (χ3v) is 5.14. The monoisotopic (exact) mass is 384 g/mol. The fourth-order valence-electron chi connectivity index (χ4n) is 1.05. The highest BCUT2D eigenvalue weighted by molar-refractivity contribution is 7.55. The smallest absolute Gasteiger partial charge is 0.296 e. The van der Waals surface area contributed by atoms with Crippen molar-refractivity contribution in [3.63, 3.8) is 0 Å². The van der Waals surface area contributed by atoms with Gasteiger partial charge >= 0.3 is 26.1 Å². The molecule has 0 amide bonds. The summed E-state index contributed by atoms with van der Waals surface area (Å²) in [6, 6.07) is 0. The van der Waals surface area contributed by atoms with Gasteiger partial charge in [-0.05, 0) is 27.7 Å². The lowest BCUT2D eigenvalue weighted by Crippen LogP contribution is -2.45. The summed E-state index contributed by atoms with van der Waals surface area (Å²) in [5.41, 5.74) is 0. The summed E-state index contributed by atoms with van der Waals surface area (Å²) in [6.07, 6.45) is -24.7. The molecule has 0 bridgehead atoms. The standard InChI is InChI=1S/C10H14F9O3P/c1-5(8(11,12)13)21-23(20,7(2,3)4)22-6(9(14,15)16)10(17,18)19/h5-6H,1-4H3. The summed E-state index contributed by atoms with van der Waals surface area (Å²) in [4.78, 5) is 0. The van der Waals surface area contributed by atoms with E-state index in [0.29, 0.717) is 0 Å². The molecule has 0 rings (SSSR count). The van der Waals surface area contributed by atoms with E-state index in [9.17, 15) is 44.1 Å². The Morgan fingerprint density at radius 3 is 1.30 bits per heavy atom. The molecule has 0 radical (unpaired) electrons. The molecule has 0 saturated carbocycles. The first-order valence-corrected chi connectivity index (χ1v) is 7.43. The Hall–Kier alpha value is -0.480. The molecule has 2 unspecified atom stereocenters. The lowest BCUT2D eigenvalue weighted by Gasteiger charge is -2.35. The zero-order valence-corrected chi connectivity index (χ0v) is 13.1. The minimum absolute atomic E-state index is 0.290. The summed E-state index contributed by atoms with van der Waals surface area (Å²) in [6.45, 7) is 2.79. The van der Waals surface area contributed by atoms with E-state index in [1.54, 1.807) is 0 Å². The first kappa shape index (κ1) is 22.5. The van der Waals surface area contributed by atoms with Crippen LogP contribution in [0, 0.1) is 0 Å². The van der Waals surface area contributed by atoms with Gasteiger partial charge in [0.25, 0.3) is 6.10 Å². The second-order valence-corrected chi connectivity index (χ2v) is 8.28. The fourth-order valence-corrected chi connectivity index (χ4v) is 2.79. The maximum absolute atomic E-state index is 12.5. The lowest BCUT2D eigenvalue weighted by atomic mass is 10.3. The second kappa shape index (κ2) is 6.44. The van der Waals surface area contributed by atoms with Gasteiger partial charge in [-0.15, -0.1) is 0 Å². The highest BCUT2D eigenvalue weighted by atomic mass is 31.2. The normalized spacial score (nSPS) is 18.9. The average Bonchev–Trinajstić information content (AvgIpc) is 2.19. The maximum atomic E-state index is 12.5. The summed E-state index contributed by atoms with van der Waals surface area (Å²) < 4.78 is 132. The van der Waals surface area contributed by atoms with Gasteiger partial charge in [0.15, 0.2) is 6.10 Å². The van der Waals surface area contributed by atoms with Crippen LogP contribution in [0.5, 0.6) is 0 Å². The Morgan fingerprint density at radius 2 is 1.09 bits per heavy atom. The summed E-state index contributed by atoms with van der Waals surface area (Å²) in [5, 5.41) is -2.07. The van der Waals surface area contributed by atoms with E-state index in [1.165, 1.54) is 0 Å². The third-order valence-electron chi connectivity index (χ3n) is 2.42. The Bertz CT molecular complexity index is 432. The van der Waals surface area contributed by atoms with Crippen molar-refractivity contribution >= 4 is 7.60 Å². The zero-order chi connectivity index (χ0) is 19.1. The quantitative estimate of drug-likeness (QED) is 0.477. The molecule has 0 fully saturated rings. The number of hydrogen-bond donors (Lipinski definition) is 0. The van der Waals surface area contributed by atoms with Crippen molar-refractivity contribution in [1.29, 1.82) is 0 Å². The Balaban J connectivity index is 5.80. The minimum Gasteiger partial charge on any atom is -0.296 e. The first-order valence-electron chi connectivity index (χ1n) is 5.89. The van der Waals surface area contributed by atoms with E-state index in [4.69, 9.17) is 0 Å². The molecule has 0 aromatic rings. The van der Waals surface area contributed by atoms with Crippen LogP contribution < -0.4 is 0 Å². The van der Waals surface area contributed by atoms with Crippen molar-refractivity contribution in [3.8, 4) is 0 Å². The highest BCUT2D eigenvalue weighted by Crippen LogP contribution is 2.64. The third kappa shape index (κ3) is 6.15. The molecule has 0 aliphatic carbocycles. The number of halogens is 9. The average molecular weight is 384 g/mol. The van der Waals surface area contributed by atoms with Gasteiger partial charge in [0.1, 0.15) is 0 Å². The highest BCUT2D eigenvalue weighted by Gasteiger charge is 2.62. The molecule has 13 heteroatoms. The molecule has 0 N–H and O–H groups in total. The van der Waals surface area contributed by atoms with E-state index in [2.05, 4.69) is 9.05 Å². The predicted octanol–water partition coefficient (Wildman–Crippen LogP) is 5.46. The van der Waals surface area contributed by atoms with Crippen molar-refractivity contribution in [2.24, 2.45) is 0 Å². The van der Waals surface area contributed by atoms with Gasteiger partial charge in [-0.25, -0.2) is 0 Å². The van der Waals surface area contributed by atoms with Crippen molar-refractivity contribution in [3.05, 3.63) is 0 Å². The van der Waals surface area contributed by atoms with E-state index >= 15 is 0 Å². The molecule has 2 atom stereocenters. The van der Waals surface area contributed by atoms with Crippen LogP contribution in [0.3, 0.4) is 0 Å². The van der Waals surface area contributed by atoms with Gasteiger partial charge in [0.05, 0.1) is 5.16 Å². The Kier molecular flexibility index (Phi) is 6.30. The van der Waals surface area contributed by atoms with Crippen LogP contribution in [0.25, 0.3) is 0 Å². The molecule has 0 heterocycles. The van der Waals surface area contributed by atoms with Crippen molar-refractivity contribution in [2.45, 2.75) is 63.6 Å². The van der Waals surface area contributed by atoms with Crippen molar-refractivity contribution in [1.82, 2.24) is 0 Å². The van der Waals surface area contributed by atoms with Crippen LogP contribution in [-0.2, 0) is 13.6 Å².